The molecule has 0 atom stereocenters. The number of hydrogen-bond donors (Lipinski definition) is 0. The molecule has 0 heterocycles. The van der Waals surface area contributed by atoms with Crippen molar-refractivity contribution < 1.29 is 21.5 Å². The minimum Gasteiger partial charge on any atom is -1.00 e. The van der Waals surface area contributed by atoms with Crippen molar-refractivity contribution in [1.82, 2.24) is 0 Å². The summed E-state index contributed by atoms with van der Waals surface area (Å²) in [5.74, 6) is 0. The highest BCUT2D eigenvalue weighted by Crippen LogP contribution is 2.37. The predicted molar refractivity (Wildman–Crippen MR) is 100 cm³/mol. The Kier molecular flexibility index (Phi) is 7.56. The number of benzene rings is 1. The highest BCUT2D eigenvalue weighted by Gasteiger charge is 2.40. The fraction of sp³-hybridized carbons (Fsp3) is 0.636. The van der Waals surface area contributed by atoms with Gasteiger partial charge in [0.25, 0.3) is 0 Å². The normalized spacial score (nSPS) is 20.4. The van der Waals surface area contributed by atoms with Gasteiger partial charge in [-0.2, -0.15) is 0 Å². The zero-order valence-electron chi connectivity index (χ0n) is 15.4. The maximum atomic E-state index is 3.88. The molecular formula is C22H34BrN. The van der Waals surface area contributed by atoms with Gasteiger partial charge in [-0.25, -0.2) is 0 Å². The third-order valence-corrected chi connectivity index (χ3v) is 6.56. The van der Waals surface area contributed by atoms with E-state index in [4.69, 9.17) is 0 Å². The molecule has 0 radical (unpaired) electrons. The van der Waals surface area contributed by atoms with Crippen LogP contribution in [0.3, 0.4) is 0 Å². The molecule has 1 aromatic carbocycles. The van der Waals surface area contributed by atoms with Crippen molar-refractivity contribution in [2.75, 3.05) is 7.05 Å². The van der Waals surface area contributed by atoms with E-state index in [1.54, 1.807) is 0 Å². The van der Waals surface area contributed by atoms with Crippen LogP contribution in [-0.4, -0.2) is 23.6 Å². The molecule has 3 rings (SSSR count). The number of quaternary nitrogens is 1. The Morgan fingerprint density at radius 2 is 1.33 bits per heavy atom. The molecule has 0 amide bonds. The van der Waals surface area contributed by atoms with E-state index in [1.165, 1.54) is 86.4 Å². The molecule has 2 heteroatoms. The molecule has 2 aliphatic carbocycles. The van der Waals surface area contributed by atoms with Crippen molar-refractivity contribution in [2.24, 2.45) is 0 Å². The quantitative estimate of drug-likeness (QED) is 0.676. The molecule has 0 spiro atoms. The summed E-state index contributed by atoms with van der Waals surface area (Å²) in [6.45, 7) is 5.09. The van der Waals surface area contributed by atoms with Crippen LogP contribution in [0, 0.1) is 0 Å². The minimum absolute atomic E-state index is 0. The minimum atomic E-state index is 0. The Balaban J connectivity index is 0.00000208. The van der Waals surface area contributed by atoms with E-state index >= 15 is 0 Å². The summed E-state index contributed by atoms with van der Waals surface area (Å²) in [6.07, 6.45) is 16.4. The molecule has 0 N–H and O–H groups in total. The lowest BCUT2D eigenvalue weighted by Gasteiger charge is -2.50. The van der Waals surface area contributed by atoms with Gasteiger partial charge in [-0.05, 0) is 56.9 Å². The van der Waals surface area contributed by atoms with Gasteiger partial charge in [0.15, 0.2) is 0 Å². The van der Waals surface area contributed by atoms with Gasteiger partial charge >= 0.3 is 0 Å². The molecule has 0 unspecified atom stereocenters. The van der Waals surface area contributed by atoms with Gasteiger partial charge in [0.1, 0.15) is 6.54 Å². The van der Waals surface area contributed by atoms with Gasteiger partial charge in [-0.15, -0.1) is 0 Å². The van der Waals surface area contributed by atoms with E-state index in [-0.39, 0.29) is 17.0 Å². The van der Waals surface area contributed by atoms with Crippen molar-refractivity contribution in [3.8, 4) is 0 Å². The second-order valence-electron chi connectivity index (χ2n) is 8.03. The molecule has 0 aliphatic heterocycles. The largest absolute Gasteiger partial charge is 1.00 e. The topological polar surface area (TPSA) is 0 Å². The lowest BCUT2D eigenvalue weighted by molar-refractivity contribution is -0.971. The fourth-order valence-electron chi connectivity index (χ4n) is 5.05. The van der Waals surface area contributed by atoms with E-state index in [2.05, 4.69) is 37.9 Å². The maximum absolute atomic E-state index is 3.88. The van der Waals surface area contributed by atoms with Gasteiger partial charge in [-0.1, -0.05) is 49.8 Å². The van der Waals surface area contributed by atoms with Crippen LogP contribution in [0.25, 0.3) is 6.08 Å². The molecule has 2 saturated carbocycles. The third-order valence-electron chi connectivity index (χ3n) is 6.56. The van der Waals surface area contributed by atoms with Crippen LogP contribution in [0.2, 0.25) is 0 Å². The summed E-state index contributed by atoms with van der Waals surface area (Å²) in [7, 11) is 2.58. The lowest BCUT2D eigenvalue weighted by atomic mass is 9.85. The van der Waals surface area contributed by atoms with E-state index in [0.717, 1.165) is 12.1 Å². The van der Waals surface area contributed by atoms with Gasteiger partial charge < -0.3 is 21.5 Å². The summed E-state index contributed by atoms with van der Waals surface area (Å²) in [5, 5.41) is 0. The second kappa shape index (κ2) is 9.20. The fourth-order valence-corrected chi connectivity index (χ4v) is 5.05. The van der Waals surface area contributed by atoms with Gasteiger partial charge in [0.2, 0.25) is 0 Å². The summed E-state index contributed by atoms with van der Waals surface area (Å²) >= 11 is 0. The molecule has 2 fully saturated rings. The van der Waals surface area contributed by atoms with Crippen LogP contribution in [0.5, 0.6) is 0 Å². The van der Waals surface area contributed by atoms with Crippen LogP contribution < -0.4 is 17.0 Å². The molecule has 24 heavy (non-hydrogen) atoms. The summed E-state index contributed by atoms with van der Waals surface area (Å²) in [5.41, 5.74) is 2.74. The number of nitrogens with zero attached hydrogens (tertiary/aromatic N) is 1. The molecule has 0 bridgehead atoms. The SMILES string of the molecule is C=Cc1ccc(C[N+](C)(C2CCCCC2)C2CCCCC2)cc1.[Br-]. The van der Waals surface area contributed by atoms with Crippen molar-refractivity contribution in [1.29, 1.82) is 0 Å². The van der Waals surface area contributed by atoms with Crippen LogP contribution in [-0.2, 0) is 6.54 Å². The summed E-state index contributed by atoms with van der Waals surface area (Å²) in [4.78, 5) is 0. The molecular weight excluding hydrogens is 358 g/mol. The Hall–Kier alpha value is -0.600. The van der Waals surface area contributed by atoms with Crippen molar-refractivity contribution in [3.05, 3.63) is 42.0 Å². The Morgan fingerprint density at radius 1 is 0.875 bits per heavy atom. The first kappa shape index (κ1) is 19.7. The molecule has 0 aromatic heterocycles. The van der Waals surface area contributed by atoms with Crippen molar-refractivity contribution in [3.63, 3.8) is 0 Å². The lowest BCUT2D eigenvalue weighted by Crippen LogP contribution is -3.00. The smallest absolute Gasteiger partial charge is 0.105 e. The molecule has 0 saturated heterocycles. The Bertz CT molecular complexity index is 477. The first-order valence-electron chi connectivity index (χ1n) is 9.78. The second-order valence-corrected chi connectivity index (χ2v) is 8.03. The van der Waals surface area contributed by atoms with Crippen LogP contribution in [0.1, 0.15) is 75.3 Å². The summed E-state index contributed by atoms with van der Waals surface area (Å²) < 4.78 is 1.30. The number of rotatable bonds is 5. The van der Waals surface area contributed by atoms with Crippen molar-refractivity contribution in [2.45, 2.75) is 82.8 Å². The van der Waals surface area contributed by atoms with Crippen molar-refractivity contribution >= 4 is 6.08 Å². The standard InChI is InChI=1S/C22H34N.BrH/c1-3-19-14-16-20(17-15-19)18-23(2,21-10-6-4-7-11-21)22-12-8-5-9-13-22;/h3,14-17,21-22H,1,4-13,18H2,2H3;1H/q+1;/p-1. The monoisotopic (exact) mass is 391 g/mol. The summed E-state index contributed by atoms with van der Waals surface area (Å²) in [6, 6.07) is 10.9. The molecule has 1 aromatic rings. The van der Waals surface area contributed by atoms with E-state index in [1.807, 2.05) is 6.08 Å². The predicted octanol–water partition coefficient (Wildman–Crippen LogP) is 2.95. The third kappa shape index (κ3) is 4.52. The van der Waals surface area contributed by atoms with E-state index in [0.29, 0.717) is 0 Å². The van der Waals surface area contributed by atoms with Gasteiger partial charge in [-0.3, -0.25) is 0 Å². The molecule has 2 aliphatic rings. The Morgan fingerprint density at radius 3 is 1.75 bits per heavy atom. The average Bonchev–Trinajstić information content (AvgIpc) is 2.64. The van der Waals surface area contributed by atoms with Crippen LogP contribution >= 0.6 is 0 Å². The van der Waals surface area contributed by atoms with Crippen LogP contribution in [0.4, 0.5) is 0 Å². The van der Waals surface area contributed by atoms with E-state index in [9.17, 15) is 0 Å². The average molecular weight is 392 g/mol. The zero-order chi connectivity index (χ0) is 16.1. The highest BCUT2D eigenvalue weighted by atomic mass is 79.9. The van der Waals surface area contributed by atoms with Crippen LogP contribution in [0.15, 0.2) is 30.8 Å². The highest BCUT2D eigenvalue weighted by molar-refractivity contribution is 5.47. The van der Waals surface area contributed by atoms with E-state index < -0.39 is 0 Å². The first-order chi connectivity index (χ1) is 11.2. The maximum Gasteiger partial charge on any atom is 0.105 e. The molecule has 134 valence electrons. The molecule has 1 nitrogen and oxygen atoms in total. The van der Waals surface area contributed by atoms with Gasteiger partial charge in [0.05, 0.1) is 19.1 Å². The Labute approximate surface area is 159 Å². The first-order valence-corrected chi connectivity index (χ1v) is 9.78. The zero-order valence-corrected chi connectivity index (χ0v) is 16.9. The number of halogens is 1. The number of hydrogen-bond acceptors (Lipinski definition) is 0. The van der Waals surface area contributed by atoms with Gasteiger partial charge in [0, 0.05) is 5.56 Å².